The summed E-state index contributed by atoms with van der Waals surface area (Å²) in [6.45, 7) is 0.196. The SMILES string of the molecule is O=C(O)[C@@H]1COc2ncccc21. The fourth-order valence-corrected chi connectivity index (χ4v) is 1.25. The van der Waals surface area contributed by atoms with Crippen LogP contribution in [-0.2, 0) is 4.79 Å². The molecule has 1 aliphatic heterocycles. The molecule has 0 bridgehead atoms. The third-order valence-electron chi connectivity index (χ3n) is 1.86. The minimum atomic E-state index is -0.859. The van der Waals surface area contributed by atoms with Gasteiger partial charge in [-0.3, -0.25) is 4.79 Å². The Hall–Kier alpha value is -1.58. The van der Waals surface area contributed by atoms with Gasteiger partial charge in [0.15, 0.2) is 0 Å². The fraction of sp³-hybridized carbons (Fsp3) is 0.250. The first-order chi connectivity index (χ1) is 5.79. The van der Waals surface area contributed by atoms with E-state index in [1.54, 1.807) is 18.3 Å². The molecule has 0 unspecified atom stereocenters. The maximum atomic E-state index is 10.7. The molecule has 0 spiro atoms. The van der Waals surface area contributed by atoms with Gasteiger partial charge in [-0.2, -0.15) is 0 Å². The van der Waals surface area contributed by atoms with E-state index in [9.17, 15) is 4.79 Å². The predicted octanol–water partition coefficient (Wildman–Crippen LogP) is 0.642. The van der Waals surface area contributed by atoms with E-state index in [-0.39, 0.29) is 6.61 Å². The average Bonchev–Trinajstić information content (AvgIpc) is 2.47. The van der Waals surface area contributed by atoms with Crippen LogP contribution < -0.4 is 4.74 Å². The zero-order valence-corrected chi connectivity index (χ0v) is 6.23. The van der Waals surface area contributed by atoms with Crippen molar-refractivity contribution < 1.29 is 14.6 Å². The van der Waals surface area contributed by atoms with Crippen molar-refractivity contribution in [3.8, 4) is 5.88 Å². The lowest BCUT2D eigenvalue weighted by Crippen LogP contribution is -2.12. The monoisotopic (exact) mass is 165 g/mol. The van der Waals surface area contributed by atoms with E-state index in [2.05, 4.69) is 4.98 Å². The predicted molar refractivity (Wildman–Crippen MR) is 40.1 cm³/mol. The number of carboxylic acids is 1. The number of nitrogens with zero attached hydrogens (tertiary/aromatic N) is 1. The van der Waals surface area contributed by atoms with Gasteiger partial charge in [0.05, 0.1) is 0 Å². The Kier molecular flexibility index (Phi) is 1.46. The highest BCUT2D eigenvalue weighted by atomic mass is 16.5. The van der Waals surface area contributed by atoms with E-state index in [1.165, 1.54) is 0 Å². The maximum Gasteiger partial charge on any atom is 0.314 e. The van der Waals surface area contributed by atoms with Crippen molar-refractivity contribution in [1.29, 1.82) is 0 Å². The number of aromatic nitrogens is 1. The second-order valence-corrected chi connectivity index (χ2v) is 2.60. The van der Waals surface area contributed by atoms with E-state index in [0.29, 0.717) is 11.4 Å². The van der Waals surface area contributed by atoms with Crippen LogP contribution in [0.4, 0.5) is 0 Å². The van der Waals surface area contributed by atoms with Crippen molar-refractivity contribution in [2.75, 3.05) is 6.61 Å². The molecule has 4 heteroatoms. The fourth-order valence-electron chi connectivity index (χ4n) is 1.25. The Balaban J connectivity index is 2.42. The number of hydrogen-bond acceptors (Lipinski definition) is 3. The zero-order valence-electron chi connectivity index (χ0n) is 6.23. The van der Waals surface area contributed by atoms with Crippen molar-refractivity contribution in [1.82, 2.24) is 4.98 Å². The molecule has 0 fully saturated rings. The summed E-state index contributed by atoms with van der Waals surface area (Å²) in [5.74, 6) is -0.958. The second kappa shape index (κ2) is 2.48. The summed E-state index contributed by atoms with van der Waals surface area (Å²) in [7, 11) is 0. The quantitative estimate of drug-likeness (QED) is 0.663. The second-order valence-electron chi connectivity index (χ2n) is 2.60. The Morgan fingerprint density at radius 2 is 2.58 bits per heavy atom. The van der Waals surface area contributed by atoms with Crippen LogP contribution in [0.25, 0.3) is 0 Å². The van der Waals surface area contributed by atoms with Crippen molar-refractivity contribution >= 4 is 5.97 Å². The molecule has 0 saturated heterocycles. The van der Waals surface area contributed by atoms with Crippen molar-refractivity contribution in [2.45, 2.75) is 5.92 Å². The molecule has 2 heterocycles. The number of rotatable bonds is 1. The van der Waals surface area contributed by atoms with Crippen LogP contribution in [0, 0.1) is 0 Å². The van der Waals surface area contributed by atoms with E-state index in [0.717, 1.165) is 0 Å². The van der Waals surface area contributed by atoms with Gasteiger partial charge >= 0.3 is 5.97 Å². The number of pyridine rings is 1. The number of carboxylic acid groups (broad SMARTS) is 1. The molecule has 0 amide bonds. The Morgan fingerprint density at radius 3 is 3.33 bits per heavy atom. The zero-order chi connectivity index (χ0) is 8.55. The number of fused-ring (bicyclic) bond motifs is 1. The summed E-state index contributed by atoms with van der Waals surface area (Å²) in [4.78, 5) is 14.6. The first-order valence-corrected chi connectivity index (χ1v) is 3.59. The minimum Gasteiger partial charge on any atom is -0.481 e. The highest BCUT2D eigenvalue weighted by molar-refractivity contribution is 5.78. The van der Waals surface area contributed by atoms with Crippen LogP contribution in [0.3, 0.4) is 0 Å². The lowest BCUT2D eigenvalue weighted by molar-refractivity contribution is -0.138. The molecule has 4 nitrogen and oxygen atoms in total. The Morgan fingerprint density at radius 1 is 1.75 bits per heavy atom. The summed E-state index contributed by atoms with van der Waals surface area (Å²) in [6.07, 6.45) is 1.59. The molecule has 1 aromatic rings. The molecule has 62 valence electrons. The number of ether oxygens (including phenoxy) is 1. The van der Waals surface area contributed by atoms with Crippen LogP contribution in [0.5, 0.6) is 5.88 Å². The molecular formula is C8H7NO3. The minimum absolute atomic E-state index is 0.196. The topological polar surface area (TPSA) is 59.4 Å². The highest BCUT2D eigenvalue weighted by Gasteiger charge is 2.30. The Bertz CT molecular complexity index is 324. The normalized spacial score (nSPS) is 19.8. The summed E-state index contributed by atoms with van der Waals surface area (Å²) < 4.78 is 5.08. The van der Waals surface area contributed by atoms with Crippen LogP contribution in [-0.4, -0.2) is 22.7 Å². The molecule has 0 aromatic carbocycles. The van der Waals surface area contributed by atoms with Gasteiger partial charge in [0.2, 0.25) is 5.88 Å². The molecule has 1 atom stereocenters. The van der Waals surface area contributed by atoms with Crippen LogP contribution in [0.1, 0.15) is 11.5 Å². The molecule has 0 radical (unpaired) electrons. The number of carbonyl (C=O) groups is 1. The summed E-state index contributed by atoms with van der Waals surface area (Å²) in [6, 6.07) is 3.44. The van der Waals surface area contributed by atoms with Gasteiger partial charge in [0.25, 0.3) is 0 Å². The number of aliphatic carboxylic acids is 1. The average molecular weight is 165 g/mol. The van der Waals surface area contributed by atoms with E-state index in [1.807, 2.05) is 0 Å². The largest absolute Gasteiger partial charge is 0.481 e. The first-order valence-electron chi connectivity index (χ1n) is 3.59. The van der Waals surface area contributed by atoms with Gasteiger partial charge in [0, 0.05) is 11.8 Å². The smallest absolute Gasteiger partial charge is 0.314 e. The lowest BCUT2D eigenvalue weighted by Gasteiger charge is -1.99. The highest BCUT2D eigenvalue weighted by Crippen LogP contribution is 2.31. The van der Waals surface area contributed by atoms with E-state index < -0.39 is 11.9 Å². The molecule has 1 aliphatic rings. The van der Waals surface area contributed by atoms with Gasteiger partial charge < -0.3 is 9.84 Å². The van der Waals surface area contributed by atoms with Crippen LogP contribution in [0.15, 0.2) is 18.3 Å². The van der Waals surface area contributed by atoms with Gasteiger partial charge in [-0.15, -0.1) is 0 Å². The molecule has 0 aliphatic carbocycles. The molecule has 2 rings (SSSR count). The van der Waals surface area contributed by atoms with E-state index in [4.69, 9.17) is 9.84 Å². The first kappa shape index (κ1) is 7.09. The molecular weight excluding hydrogens is 158 g/mol. The van der Waals surface area contributed by atoms with Gasteiger partial charge in [-0.1, -0.05) is 6.07 Å². The summed E-state index contributed by atoms with van der Waals surface area (Å²) in [5, 5.41) is 8.75. The van der Waals surface area contributed by atoms with Crippen molar-refractivity contribution in [2.24, 2.45) is 0 Å². The molecule has 1 aromatic heterocycles. The Labute approximate surface area is 68.8 Å². The summed E-state index contributed by atoms with van der Waals surface area (Å²) >= 11 is 0. The van der Waals surface area contributed by atoms with Crippen LogP contribution >= 0.6 is 0 Å². The van der Waals surface area contributed by atoms with Gasteiger partial charge in [-0.05, 0) is 6.07 Å². The van der Waals surface area contributed by atoms with Gasteiger partial charge in [-0.25, -0.2) is 4.98 Å². The standard InChI is InChI=1S/C8H7NO3/c10-8(11)6-4-12-7-5(6)2-1-3-9-7/h1-3,6H,4H2,(H,10,11)/t6-/m1/s1. The lowest BCUT2D eigenvalue weighted by atomic mass is 10.0. The molecule has 1 N–H and O–H groups in total. The third-order valence-corrected chi connectivity index (χ3v) is 1.86. The molecule has 12 heavy (non-hydrogen) atoms. The van der Waals surface area contributed by atoms with E-state index >= 15 is 0 Å². The molecule has 0 saturated carbocycles. The van der Waals surface area contributed by atoms with Crippen molar-refractivity contribution in [3.63, 3.8) is 0 Å². The maximum absolute atomic E-state index is 10.7. The van der Waals surface area contributed by atoms with Crippen molar-refractivity contribution in [3.05, 3.63) is 23.9 Å². The third kappa shape index (κ3) is 0.922. The summed E-state index contributed by atoms with van der Waals surface area (Å²) in [5.41, 5.74) is 0.671. The number of hydrogen-bond donors (Lipinski definition) is 1. The van der Waals surface area contributed by atoms with Gasteiger partial charge in [0.1, 0.15) is 12.5 Å². The van der Waals surface area contributed by atoms with Crippen LogP contribution in [0.2, 0.25) is 0 Å².